The second kappa shape index (κ2) is 13.5. The first-order chi connectivity index (χ1) is 23.0. The number of fused-ring (bicyclic) bond motifs is 1. The third-order valence-electron chi connectivity index (χ3n) is 9.18. The van der Waals surface area contributed by atoms with Crippen LogP contribution in [-0.2, 0) is 20.9 Å². The molecular weight excluding hydrogens is 634 g/mol. The van der Waals surface area contributed by atoms with Crippen LogP contribution in [0.25, 0.3) is 21.9 Å². The Morgan fingerprint density at radius 3 is 2.48 bits per heavy atom. The van der Waals surface area contributed by atoms with Crippen LogP contribution >= 0.6 is 0 Å². The van der Waals surface area contributed by atoms with Crippen LogP contribution < -0.4 is 13.8 Å². The number of anilines is 2. The molecule has 3 N–H and O–H groups in total. The number of carbonyl (C=O) groups is 3. The van der Waals surface area contributed by atoms with Gasteiger partial charge in [-0.3, -0.25) is 28.7 Å². The molecule has 0 spiro atoms. The maximum absolute atomic E-state index is 13.4. The zero-order valence-electron chi connectivity index (χ0n) is 27.0. The number of carboxylic acid groups (broad SMARTS) is 1. The van der Waals surface area contributed by atoms with E-state index in [2.05, 4.69) is 24.5 Å². The Morgan fingerprint density at radius 1 is 1.06 bits per heavy atom. The van der Waals surface area contributed by atoms with E-state index in [1.807, 2.05) is 44.2 Å². The molecule has 1 amide bonds. The average molecular weight is 672 g/mol. The molecule has 13 nitrogen and oxygen atoms in total. The molecule has 2 aliphatic rings. The highest BCUT2D eigenvalue weighted by Gasteiger charge is 2.38. The second-order valence-electron chi connectivity index (χ2n) is 12.4. The number of ketones is 1. The summed E-state index contributed by atoms with van der Waals surface area (Å²) in [5, 5.41) is 12.8. The summed E-state index contributed by atoms with van der Waals surface area (Å²) in [6.45, 7) is 14.4. The first-order valence-corrected chi connectivity index (χ1v) is 17.0. The molecule has 2 fully saturated rings. The smallest absolute Gasteiger partial charge is 0.316 e. The van der Waals surface area contributed by atoms with Gasteiger partial charge in [-0.1, -0.05) is 25.0 Å². The van der Waals surface area contributed by atoms with Crippen LogP contribution in [0.5, 0.6) is 5.75 Å². The highest BCUT2D eigenvalue weighted by Crippen LogP contribution is 2.35. The van der Waals surface area contributed by atoms with Crippen molar-refractivity contribution in [2.24, 2.45) is 11.8 Å². The number of nitrogens with one attached hydrogen (secondary N) is 2. The molecule has 1 saturated carbocycles. The molecule has 3 unspecified atom stereocenters. The predicted molar refractivity (Wildman–Crippen MR) is 181 cm³/mol. The molecule has 3 atom stereocenters. The zero-order chi connectivity index (χ0) is 34.1. The van der Waals surface area contributed by atoms with E-state index in [0.29, 0.717) is 67.5 Å². The summed E-state index contributed by atoms with van der Waals surface area (Å²) in [6, 6.07) is 11.2. The van der Waals surface area contributed by atoms with Crippen LogP contribution in [0, 0.1) is 32.3 Å². The van der Waals surface area contributed by atoms with Crippen molar-refractivity contribution in [2.75, 3.05) is 35.8 Å². The minimum Gasteiger partial charge on any atom is -0.481 e. The third-order valence-corrected chi connectivity index (χ3v) is 9.90. The number of nitrogens with zero attached hydrogens (tertiary/aromatic N) is 5. The lowest BCUT2D eigenvalue weighted by molar-refractivity contribution is -0.152. The van der Waals surface area contributed by atoms with E-state index in [0.717, 1.165) is 29.7 Å². The molecule has 6 rings (SSSR count). The van der Waals surface area contributed by atoms with E-state index in [1.54, 1.807) is 15.5 Å². The maximum atomic E-state index is 13.4. The number of hydrogen-bond donors (Lipinski definition) is 3. The molecule has 3 heterocycles. The van der Waals surface area contributed by atoms with E-state index < -0.39 is 29.1 Å². The van der Waals surface area contributed by atoms with Crippen molar-refractivity contribution >= 4 is 51.6 Å². The molecule has 1 saturated heterocycles. The van der Waals surface area contributed by atoms with Crippen LogP contribution in [0.15, 0.2) is 42.6 Å². The van der Waals surface area contributed by atoms with Crippen molar-refractivity contribution in [3.8, 4) is 17.1 Å². The Kier molecular flexibility index (Phi) is 9.23. The Bertz CT molecular complexity index is 1970. The number of aromatic amines is 1. The minimum atomic E-state index is -1.98. The van der Waals surface area contributed by atoms with Crippen molar-refractivity contribution in [1.82, 2.24) is 19.5 Å². The average Bonchev–Trinajstić information content (AvgIpc) is 3.64. The topological polar surface area (TPSA) is 154 Å². The number of Topliss-reactive ketones (excluding diaryl/α,β-unsaturated/α-hetero) is 1. The van der Waals surface area contributed by atoms with E-state index >= 15 is 0 Å². The summed E-state index contributed by atoms with van der Waals surface area (Å²) < 4.78 is 23.8. The normalized spacial score (nSPS) is 18.7. The molecular formula is C34H37N7O6S. The van der Waals surface area contributed by atoms with Gasteiger partial charge in [0.25, 0.3) is 0 Å². The largest absolute Gasteiger partial charge is 0.481 e. The molecule has 2 aromatic carbocycles. The van der Waals surface area contributed by atoms with Crippen LogP contribution in [0.3, 0.4) is 0 Å². The number of benzene rings is 2. The Morgan fingerprint density at radius 2 is 1.79 bits per heavy atom. The van der Waals surface area contributed by atoms with Crippen molar-refractivity contribution in [3.05, 3.63) is 70.7 Å². The SMILES string of the molecule is [C-]#[N+]c1cn2[nH]c(-c3ccc(N4CCN(C(=O)C5CCCCC5C(=O)O)CC4)c(NS(=O)Oc4cc(C)ccc4C)c3)nc2c1C(C)=O. The molecule has 4 aromatic rings. The van der Waals surface area contributed by atoms with Crippen LogP contribution in [0.2, 0.25) is 0 Å². The summed E-state index contributed by atoms with van der Waals surface area (Å²) in [5.41, 5.74) is 4.47. The number of aromatic nitrogens is 3. The number of piperazine rings is 1. The standard InChI is InChI=1S/C34H37N7O6S/c1-20-9-10-21(2)29(17-20)47-48(46)38-26-18-23(31-36-32-30(22(3)42)27(35-4)19-41(32)37-31)11-12-28(26)39-13-15-40(16-14-39)33(43)24-7-5-6-8-25(24)34(44)45/h9-12,17-19,24-25,38H,5-8,13-16H2,1-3H3,(H,36,37)(H,44,45). The summed E-state index contributed by atoms with van der Waals surface area (Å²) >= 11 is -1.98. The lowest BCUT2D eigenvalue weighted by atomic mass is 9.78. The fraction of sp³-hybridized carbons (Fsp3) is 0.382. The molecule has 14 heteroatoms. The Balaban J connectivity index is 1.27. The van der Waals surface area contributed by atoms with Crippen molar-refractivity contribution in [2.45, 2.75) is 46.5 Å². The fourth-order valence-corrected chi connectivity index (χ4v) is 7.36. The van der Waals surface area contributed by atoms with Crippen LogP contribution in [0.1, 0.15) is 54.1 Å². The molecule has 0 radical (unpaired) electrons. The first kappa shape index (κ1) is 32.8. The van der Waals surface area contributed by atoms with E-state index in [-0.39, 0.29) is 22.9 Å². The summed E-state index contributed by atoms with van der Waals surface area (Å²) in [7, 11) is 0. The molecule has 2 aromatic heterocycles. The van der Waals surface area contributed by atoms with Gasteiger partial charge in [0, 0.05) is 37.9 Å². The number of aliphatic carboxylic acids is 1. The van der Waals surface area contributed by atoms with Gasteiger partial charge in [0.2, 0.25) is 11.6 Å². The van der Waals surface area contributed by atoms with Crippen molar-refractivity contribution < 1.29 is 27.9 Å². The molecule has 250 valence electrons. The third kappa shape index (κ3) is 6.50. The molecule has 1 aliphatic heterocycles. The summed E-state index contributed by atoms with van der Waals surface area (Å²) in [6.07, 6.45) is 4.32. The van der Waals surface area contributed by atoms with Crippen molar-refractivity contribution in [3.63, 3.8) is 0 Å². The van der Waals surface area contributed by atoms with Gasteiger partial charge in [-0.25, -0.2) is 9.83 Å². The van der Waals surface area contributed by atoms with Gasteiger partial charge in [0.1, 0.15) is 5.75 Å². The van der Waals surface area contributed by atoms with Crippen LogP contribution in [0.4, 0.5) is 17.1 Å². The number of amides is 1. The van der Waals surface area contributed by atoms with Crippen molar-refractivity contribution in [1.29, 1.82) is 0 Å². The summed E-state index contributed by atoms with van der Waals surface area (Å²) in [5.74, 6) is -1.49. The lowest BCUT2D eigenvalue weighted by Gasteiger charge is -2.39. The van der Waals surface area contributed by atoms with Gasteiger partial charge in [-0.2, -0.15) is 4.21 Å². The Hall–Kier alpha value is -5.16. The summed E-state index contributed by atoms with van der Waals surface area (Å²) in [4.78, 5) is 49.5. The van der Waals surface area contributed by atoms with E-state index in [9.17, 15) is 23.7 Å². The molecule has 1 aliphatic carbocycles. The van der Waals surface area contributed by atoms with Gasteiger partial charge < -0.3 is 19.1 Å². The second-order valence-corrected chi connectivity index (χ2v) is 13.2. The maximum Gasteiger partial charge on any atom is 0.316 e. The lowest BCUT2D eigenvalue weighted by Crippen LogP contribution is -2.52. The number of hydrogen-bond acceptors (Lipinski definition) is 7. The monoisotopic (exact) mass is 671 g/mol. The number of carboxylic acids is 1. The first-order valence-electron chi connectivity index (χ1n) is 15.9. The van der Waals surface area contributed by atoms with Crippen LogP contribution in [-0.4, -0.2) is 72.7 Å². The van der Waals surface area contributed by atoms with E-state index in [4.69, 9.17) is 10.8 Å². The van der Waals surface area contributed by atoms with Gasteiger partial charge in [-0.05, 0) is 69.0 Å². The number of carbonyl (C=O) groups excluding carboxylic acids is 2. The van der Waals surface area contributed by atoms with Gasteiger partial charge in [-0.15, -0.1) is 0 Å². The fourth-order valence-electron chi connectivity index (χ4n) is 6.63. The van der Waals surface area contributed by atoms with Gasteiger partial charge in [0.15, 0.2) is 17.3 Å². The molecule has 48 heavy (non-hydrogen) atoms. The predicted octanol–water partition coefficient (Wildman–Crippen LogP) is 5.31. The Labute approximate surface area is 280 Å². The minimum absolute atomic E-state index is 0.0981. The number of rotatable bonds is 9. The molecule has 0 bridgehead atoms. The quantitative estimate of drug-likeness (QED) is 0.160. The van der Waals surface area contributed by atoms with Gasteiger partial charge in [0.05, 0.1) is 35.3 Å². The van der Waals surface area contributed by atoms with Gasteiger partial charge >= 0.3 is 17.2 Å². The number of H-pyrrole nitrogens is 1. The van der Waals surface area contributed by atoms with E-state index in [1.165, 1.54) is 13.1 Å². The number of aryl methyl sites for hydroxylation is 2. The zero-order valence-corrected chi connectivity index (χ0v) is 27.8. The highest BCUT2D eigenvalue weighted by molar-refractivity contribution is 7.82. The highest BCUT2D eigenvalue weighted by atomic mass is 32.2.